The van der Waals surface area contributed by atoms with Crippen LogP contribution in [0.1, 0.15) is 540 Å². The zero-order valence-corrected chi connectivity index (χ0v) is 94.9. The summed E-state index contributed by atoms with van der Waals surface area (Å²) in [6.07, 6.45) is 14.7. The average molecular weight is 1930 g/mol. The molecule has 0 radical (unpaired) electrons. The molecule has 18 nitrogen and oxygen atoms in total. The zero-order chi connectivity index (χ0) is 108. The molecule has 138 heavy (non-hydrogen) atoms. The molecule has 18 heteroatoms. The van der Waals surface area contributed by atoms with E-state index >= 15 is 0 Å². The Labute approximate surface area is 839 Å². The largest absolute Gasteiger partial charge is 0.385 e. The highest BCUT2D eigenvalue weighted by Gasteiger charge is 2.43. The highest BCUT2D eigenvalue weighted by atomic mass is 16.3. The summed E-state index contributed by atoms with van der Waals surface area (Å²) < 4.78 is 0. The maximum Gasteiger partial charge on any atom is 0.0868 e. The predicted octanol–water partition coefficient (Wildman–Crippen LogP) is 24.6. The van der Waals surface area contributed by atoms with Gasteiger partial charge >= 0.3 is 0 Å². The fourth-order valence-corrected chi connectivity index (χ4v) is 17.5. The van der Waals surface area contributed by atoms with E-state index in [1.165, 1.54) is 0 Å². The lowest BCUT2D eigenvalue weighted by Crippen LogP contribution is -2.30. The molecule has 18 N–H and O–H groups in total. The minimum Gasteiger partial charge on any atom is -0.385 e. The van der Waals surface area contributed by atoms with E-state index in [1.54, 1.807) is 125 Å². The van der Waals surface area contributed by atoms with E-state index in [0.29, 0.717) is 116 Å². The van der Waals surface area contributed by atoms with Crippen molar-refractivity contribution in [3.63, 3.8) is 0 Å². The average Bonchev–Trinajstić information content (AvgIpc) is 0.783. The molecule has 0 fully saturated rings. The fourth-order valence-electron chi connectivity index (χ4n) is 17.5. The van der Waals surface area contributed by atoms with Crippen LogP contribution >= 0.6 is 0 Å². The van der Waals surface area contributed by atoms with Crippen LogP contribution in [0.3, 0.4) is 0 Å². The number of aliphatic hydroxyl groups is 18. The van der Waals surface area contributed by atoms with Gasteiger partial charge in [0.1, 0.15) is 0 Å². The molecule has 0 saturated heterocycles. The van der Waals surface area contributed by atoms with Crippen LogP contribution in [0.15, 0.2) is 72.8 Å². The number of benzene rings is 6. The summed E-state index contributed by atoms with van der Waals surface area (Å²) in [7, 11) is 0. The van der Waals surface area contributed by atoms with Crippen molar-refractivity contribution in [2.24, 2.45) is 0 Å². The minimum atomic E-state index is -0.983. The van der Waals surface area contributed by atoms with Gasteiger partial charge in [0.2, 0.25) is 0 Å². The molecule has 6 rings (SSSR count). The third kappa shape index (κ3) is 31.3. The van der Waals surface area contributed by atoms with E-state index in [9.17, 15) is 91.9 Å². The minimum absolute atomic E-state index is 0.569. The van der Waals surface area contributed by atoms with Gasteiger partial charge in [-0.1, -0.05) is 166 Å². The molecule has 0 heterocycles. The van der Waals surface area contributed by atoms with Crippen molar-refractivity contribution >= 4 is 0 Å². The first-order valence-corrected chi connectivity index (χ1v) is 52.9. The Hall–Kier alpha value is -5.40. The van der Waals surface area contributed by atoms with Crippen molar-refractivity contribution in [2.75, 3.05) is 0 Å². The molecule has 18 unspecified atom stereocenters. The lowest BCUT2D eigenvalue weighted by atomic mass is 9.77. The smallest absolute Gasteiger partial charge is 0.0868 e. The quantitative estimate of drug-likeness (QED) is 0.0169. The van der Waals surface area contributed by atoms with E-state index in [4.69, 9.17) is 0 Å². The van der Waals surface area contributed by atoms with E-state index < -0.39 is 101 Å². The number of hydrogen-bond acceptors (Lipinski definition) is 18. The molecular formula is C120H204O18. The first kappa shape index (κ1) is 131. The first-order valence-electron chi connectivity index (χ1n) is 52.9. The normalized spacial score (nSPS) is 19.7. The van der Waals surface area contributed by atoms with Crippen molar-refractivity contribution in [2.45, 2.75) is 546 Å². The monoisotopic (exact) mass is 1930 g/mol. The van der Waals surface area contributed by atoms with Gasteiger partial charge in [0, 0.05) is 0 Å². The second kappa shape index (κ2) is 50.6. The van der Waals surface area contributed by atoms with Gasteiger partial charge in [-0.3, -0.25) is 0 Å². The van der Waals surface area contributed by atoms with E-state index in [2.05, 4.69) is 0 Å². The van der Waals surface area contributed by atoms with Crippen LogP contribution in [-0.2, 0) is 139 Å². The molecule has 0 aliphatic carbocycles. The Bertz CT molecular complexity index is 3800. The van der Waals surface area contributed by atoms with Gasteiger partial charge in [-0.05, 0) is 485 Å². The Morgan fingerprint density at radius 3 is 0.217 bits per heavy atom. The van der Waals surface area contributed by atoms with E-state index in [0.717, 1.165) is 172 Å². The van der Waals surface area contributed by atoms with Crippen LogP contribution in [-0.4, -0.2) is 91.9 Å². The first-order chi connectivity index (χ1) is 62.8. The summed E-state index contributed by atoms with van der Waals surface area (Å²) in [4.78, 5) is 0. The van der Waals surface area contributed by atoms with Gasteiger partial charge in [0.25, 0.3) is 0 Å². The fraction of sp³-hybridized carbons (Fsp3) is 0.700. The molecular weight excluding hydrogens is 1730 g/mol. The zero-order valence-electron chi connectivity index (χ0n) is 94.9. The van der Waals surface area contributed by atoms with E-state index in [1.807, 2.05) is 239 Å². The standard InChI is InChI=1S/6C20H34O3/c6*1-8-15-16(19(6,22)10-3)12-14(18(5,21)9-2)13-17(15)20(7,23)11-4/h6*12-13,21-23H,8-11H2,1-7H3. The van der Waals surface area contributed by atoms with Crippen molar-refractivity contribution in [3.8, 4) is 0 Å². The van der Waals surface area contributed by atoms with Gasteiger partial charge in [-0.2, -0.15) is 0 Å². The maximum absolute atomic E-state index is 10.9. The van der Waals surface area contributed by atoms with Gasteiger partial charge in [0.05, 0.1) is 101 Å². The molecule has 6 aromatic carbocycles. The van der Waals surface area contributed by atoms with Crippen molar-refractivity contribution < 1.29 is 91.9 Å². The van der Waals surface area contributed by atoms with E-state index in [-0.39, 0.29) is 0 Å². The highest BCUT2D eigenvalue weighted by Crippen LogP contribution is 2.49. The molecule has 0 aliphatic rings. The summed E-state index contributed by atoms with van der Waals surface area (Å²) in [5.41, 5.74) is 2.56. The topological polar surface area (TPSA) is 364 Å². The van der Waals surface area contributed by atoms with Gasteiger partial charge < -0.3 is 91.9 Å². The van der Waals surface area contributed by atoms with Crippen LogP contribution < -0.4 is 0 Å². The summed E-state index contributed by atoms with van der Waals surface area (Å²) in [6.45, 7) is 79.5. The van der Waals surface area contributed by atoms with Gasteiger partial charge in [0.15, 0.2) is 0 Å². The third-order valence-corrected chi connectivity index (χ3v) is 32.7. The van der Waals surface area contributed by atoms with Crippen molar-refractivity contribution in [3.05, 3.63) is 206 Å². The molecule has 0 spiro atoms. The SMILES string of the molecule is CCc1c(C(C)(O)CC)cc(C(C)(O)CC)cc1C(C)(O)CC.CCc1c(C(C)(O)CC)cc(C(C)(O)CC)cc1C(C)(O)CC.CCc1c(C(C)(O)CC)cc(C(C)(O)CC)cc1C(C)(O)CC.CCc1c(C(C)(O)CC)cc(C(C)(O)CC)cc1C(C)(O)CC.CCc1c(C(C)(O)CC)cc(C(C)(O)CC)cc1C(C)(O)CC.CCc1c(C(C)(O)CC)cc(C(C)(O)CC)cc1C(C)(O)CC. The predicted molar refractivity (Wildman–Crippen MR) is 572 cm³/mol. The molecule has 0 aromatic heterocycles. The molecule has 0 bridgehead atoms. The van der Waals surface area contributed by atoms with Crippen LogP contribution in [0, 0.1) is 0 Å². The van der Waals surface area contributed by atoms with Gasteiger partial charge in [-0.25, -0.2) is 0 Å². The highest BCUT2D eigenvalue weighted by molar-refractivity contribution is 5.53. The number of hydrogen-bond donors (Lipinski definition) is 18. The van der Waals surface area contributed by atoms with Crippen LogP contribution in [0.5, 0.6) is 0 Å². The lowest BCUT2D eigenvalue weighted by Gasteiger charge is -2.34. The van der Waals surface area contributed by atoms with Crippen LogP contribution in [0.2, 0.25) is 0 Å². The van der Waals surface area contributed by atoms with Crippen molar-refractivity contribution in [1.82, 2.24) is 0 Å². The molecule has 6 aromatic rings. The molecule has 0 amide bonds. The van der Waals surface area contributed by atoms with Crippen LogP contribution in [0.25, 0.3) is 0 Å². The lowest BCUT2D eigenvalue weighted by molar-refractivity contribution is 0.0371. The molecule has 18 atom stereocenters. The van der Waals surface area contributed by atoms with Gasteiger partial charge in [-0.15, -0.1) is 0 Å². The molecule has 792 valence electrons. The van der Waals surface area contributed by atoms with Crippen molar-refractivity contribution in [1.29, 1.82) is 0 Å². The Balaban J connectivity index is 0.000000828. The Morgan fingerprint density at radius 2 is 0.174 bits per heavy atom. The summed E-state index contributed by atoms with van der Waals surface area (Å²) in [5, 5.41) is 195. The molecule has 0 saturated carbocycles. The second-order valence-electron chi connectivity index (χ2n) is 43.7. The summed E-state index contributed by atoms with van der Waals surface area (Å²) >= 11 is 0. The summed E-state index contributed by atoms with van der Waals surface area (Å²) in [6, 6.07) is 23.0. The second-order valence-corrected chi connectivity index (χ2v) is 43.7. The number of rotatable bonds is 42. The third-order valence-electron chi connectivity index (χ3n) is 32.7. The Kier molecular flexibility index (Phi) is 47.9. The Morgan fingerprint density at radius 1 is 0.116 bits per heavy atom. The maximum atomic E-state index is 10.9. The van der Waals surface area contributed by atoms with Crippen LogP contribution in [0.4, 0.5) is 0 Å². The summed E-state index contributed by atoms with van der Waals surface area (Å²) in [5.74, 6) is 0. The molecule has 0 aliphatic heterocycles.